The SMILES string of the molecule is Cl.O=[N+]([O-])c1cccs1. The molecule has 0 spiro atoms. The van der Waals surface area contributed by atoms with Crippen molar-refractivity contribution in [1.82, 2.24) is 0 Å². The summed E-state index contributed by atoms with van der Waals surface area (Å²) in [5.41, 5.74) is 0. The van der Waals surface area contributed by atoms with Crippen molar-refractivity contribution in [3.05, 3.63) is 27.6 Å². The molecule has 0 aromatic carbocycles. The highest BCUT2D eigenvalue weighted by atomic mass is 35.5. The van der Waals surface area contributed by atoms with Gasteiger partial charge in [0.1, 0.15) is 0 Å². The normalized spacial score (nSPS) is 8.00. The molecule has 9 heavy (non-hydrogen) atoms. The van der Waals surface area contributed by atoms with Crippen molar-refractivity contribution in [1.29, 1.82) is 0 Å². The Morgan fingerprint density at radius 1 is 1.67 bits per heavy atom. The van der Waals surface area contributed by atoms with Crippen LogP contribution in [0.15, 0.2) is 17.5 Å². The minimum atomic E-state index is -0.398. The van der Waals surface area contributed by atoms with E-state index in [1.807, 2.05) is 0 Å². The van der Waals surface area contributed by atoms with Gasteiger partial charge in [-0.15, -0.1) is 12.4 Å². The van der Waals surface area contributed by atoms with Crippen LogP contribution in [0, 0.1) is 10.1 Å². The minimum Gasteiger partial charge on any atom is -0.258 e. The third-order valence-corrected chi connectivity index (χ3v) is 1.51. The summed E-state index contributed by atoms with van der Waals surface area (Å²) in [5.74, 6) is 0. The third kappa shape index (κ3) is 1.99. The molecule has 0 aliphatic heterocycles. The monoisotopic (exact) mass is 165 g/mol. The zero-order chi connectivity index (χ0) is 5.98. The Labute approximate surface area is 61.9 Å². The van der Waals surface area contributed by atoms with Crippen molar-refractivity contribution in [2.75, 3.05) is 0 Å². The molecule has 0 saturated heterocycles. The van der Waals surface area contributed by atoms with Crippen LogP contribution >= 0.6 is 23.7 Å². The lowest BCUT2D eigenvalue weighted by molar-refractivity contribution is -0.380. The van der Waals surface area contributed by atoms with Crippen LogP contribution in [-0.2, 0) is 0 Å². The van der Waals surface area contributed by atoms with E-state index in [2.05, 4.69) is 0 Å². The maximum Gasteiger partial charge on any atom is 0.324 e. The van der Waals surface area contributed by atoms with Gasteiger partial charge in [-0.05, 0) is 11.4 Å². The Hall–Kier alpha value is -0.610. The van der Waals surface area contributed by atoms with Crippen LogP contribution in [0.4, 0.5) is 5.00 Å². The van der Waals surface area contributed by atoms with Crippen molar-refractivity contribution in [2.45, 2.75) is 0 Å². The maximum absolute atomic E-state index is 9.88. The average molecular weight is 166 g/mol. The molecule has 0 saturated carbocycles. The summed E-state index contributed by atoms with van der Waals surface area (Å²) in [6.45, 7) is 0. The summed E-state index contributed by atoms with van der Waals surface area (Å²) in [4.78, 5) is 9.48. The second-order valence-electron chi connectivity index (χ2n) is 1.21. The second kappa shape index (κ2) is 3.42. The summed E-state index contributed by atoms with van der Waals surface area (Å²) in [6, 6.07) is 3.13. The molecule has 1 aromatic heterocycles. The molecule has 0 unspecified atom stereocenters. The van der Waals surface area contributed by atoms with Crippen LogP contribution in [0.25, 0.3) is 0 Å². The molecule has 0 aliphatic rings. The van der Waals surface area contributed by atoms with Gasteiger partial charge in [0.2, 0.25) is 0 Å². The molecule has 0 radical (unpaired) electrons. The molecule has 0 fully saturated rings. The predicted molar refractivity (Wildman–Crippen MR) is 38.2 cm³/mol. The van der Waals surface area contributed by atoms with E-state index < -0.39 is 4.92 Å². The fourth-order valence-electron chi connectivity index (χ4n) is 0.374. The van der Waals surface area contributed by atoms with Gasteiger partial charge >= 0.3 is 5.00 Å². The van der Waals surface area contributed by atoms with E-state index in [4.69, 9.17) is 0 Å². The highest BCUT2D eigenvalue weighted by Gasteiger charge is 2.01. The third-order valence-electron chi connectivity index (χ3n) is 0.686. The van der Waals surface area contributed by atoms with E-state index >= 15 is 0 Å². The van der Waals surface area contributed by atoms with Crippen LogP contribution in [0.5, 0.6) is 0 Å². The van der Waals surface area contributed by atoms with E-state index in [1.165, 1.54) is 6.07 Å². The van der Waals surface area contributed by atoms with Gasteiger partial charge in [0.05, 0.1) is 4.92 Å². The highest BCUT2D eigenvalue weighted by molar-refractivity contribution is 7.13. The van der Waals surface area contributed by atoms with E-state index in [1.54, 1.807) is 11.4 Å². The molecule has 3 nitrogen and oxygen atoms in total. The van der Waals surface area contributed by atoms with Crippen LogP contribution < -0.4 is 0 Å². The molecule has 0 atom stereocenters. The van der Waals surface area contributed by atoms with E-state index in [-0.39, 0.29) is 17.4 Å². The first-order chi connectivity index (χ1) is 3.80. The van der Waals surface area contributed by atoms with Gasteiger partial charge in [0.15, 0.2) is 0 Å². The Kier molecular flexibility index (Phi) is 3.19. The zero-order valence-electron chi connectivity index (χ0n) is 4.31. The van der Waals surface area contributed by atoms with Gasteiger partial charge in [-0.3, -0.25) is 10.1 Å². The number of hydrogen-bond acceptors (Lipinski definition) is 3. The van der Waals surface area contributed by atoms with Crippen molar-refractivity contribution in [3.63, 3.8) is 0 Å². The molecule has 50 valence electrons. The number of nitro groups is 1. The summed E-state index contributed by atoms with van der Waals surface area (Å²) in [7, 11) is 0. The van der Waals surface area contributed by atoms with Gasteiger partial charge in [-0.1, -0.05) is 11.3 Å². The lowest BCUT2D eigenvalue weighted by Crippen LogP contribution is -1.80. The number of thiophene rings is 1. The number of rotatable bonds is 1. The van der Waals surface area contributed by atoms with Crippen molar-refractivity contribution >= 4 is 28.7 Å². The quantitative estimate of drug-likeness (QED) is 0.472. The molecule has 0 N–H and O–H groups in total. The smallest absolute Gasteiger partial charge is 0.258 e. The highest BCUT2D eigenvalue weighted by Crippen LogP contribution is 2.16. The molecule has 5 heteroatoms. The molecule has 0 aliphatic carbocycles. The van der Waals surface area contributed by atoms with E-state index in [0.717, 1.165) is 11.3 Å². The maximum atomic E-state index is 9.88. The second-order valence-corrected chi connectivity index (χ2v) is 2.13. The fraction of sp³-hybridized carbons (Fsp3) is 0. The predicted octanol–water partition coefficient (Wildman–Crippen LogP) is 2.08. The Balaban J connectivity index is 0.000000640. The van der Waals surface area contributed by atoms with E-state index in [0.29, 0.717) is 0 Å². The Morgan fingerprint density at radius 2 is 2.33 bits per heavy atom. The largest absolute Gasteiger partial charge is 0.324 e. The number of halogens is 1. The average Bonchev–Trinajstić information content (AvgIpc) is 2.12. The molecule has 1 aromatic rings. The van der Waals surface area contributed by atoms with E-state index in [9.17, 15) is 10.1 Å². The van der Waals surface area contributed by atoms with Crippen LogP contribution in [-0.4, -0.2) is 4.92 Å². The first-order valence-electron chi connectivity index (χ1n) is 1.98. The van der Waals surface area contributed by atoms with Gasteiger partial charge in [0.25, 0.3) is 0 Å². The Bertz CT molecular complexity index is 186. The topological polar surface area (TPSA) is 43.1 Å². The lowest BCUT2D eigenvalue weighted by Gasteiger charge is -1.76. The molecule has 0 amide bonds. The van der Waals surface area contributed by atoms with Gasteiger partial charge in [-0.25, -0.2) is 0 Å². The van der Waals surface area contributed by atoms with Crippen molar-refractivity contribution < 1.29 is 4.92 Å². The van der Waals surface area contributed by atoms with Gasteiger partial charge < -0.3 is 0 Å². The van der Waals surface area contributed by atoms with Crippen LogP contribution in [0.2, 0.25) is 0 Å². The summed E-state index contributed by atoms with van der Waals surface area (Å²) >= 11 is 1.13. The molecule has 0 bridgehead atoms. The molecular weight excluding hydrogens is 162 g/mol. The summed E-state index contributed by atoms with van der Waals surface area (Å²) < 4.78 is 0. The first kappa shape index (κ1) is 8.39. The first-order valence-corrected chi connectivity index (χ1v) is 2.86. The number of nitrogens with zero attached hydrogens (tertiary/aromatic N) is 1. The van der Waals surface area contributed by atoms with Crippen molar-refractivity contribution in [2.24, 2.45) is 0 Å². The van der Waals surface area contributed by atoms with Crippen LogP contribution in [0.3, 0.4) is 0 Å². The fourth-order valence-corrected chi connectivity index (χ4v) is 0.914. The minimum absolute atomic E-state index is 0. The lowest BCUT2D eigenvalue weighted by atomic mass is 10.6. The molecule has 1 heterocycles. The van der Waals surface area contributed by atoms with Gasteiger partial charge in [0, 0.05) is 6.07 Å². The van der Waals surface area contributed by atoms with Crippen molar-refractivity contribution in [3.8, 4) is 0 Å². The zero-order valence-corrected chi connectivity index (χ0v) is 5.95. The summed E-state index contributed by atoms with van der Waals surface area (Å²) in [5, 5.41) is 11.8. The number of hydrogen-bond donors (Lipinski definition) is 0. The van der Waals surface area contributed by atoms with Gasteiger partial charge in [-0.2, -0.15) is 0 Å². The molecular formula is C4H4ClNO2S. The summed E-state index contributed by atoms with van der Waals surface area (Å²) in [6.07, 6.45) is 0. The van der Waals surface area contributed by atoms with Crippen LogP contribution in [0.1, 0.15) is 0 Å². The molecule has 1 rings (SSSR count). The standard InChI is InChI=1S/C4H3NO2S.ClH/c6-5(7)4-2-1-3-8-4;/h1-3H;1H. The Morgan fingerprint density at radius 3 is 2.56 bits per heavy atom.